The van der Waals surface area contributed by atoms with Gasteiger partial charge in [-0.15, -0.1) is 0 Å². The van der Waals surface area contributed by atoms with Crippen LogP contribution in [0.5, 0.6) is 5.19 Å². The van der Waals surface area contributed by atoms with E-state index < -0.39 is 22.7 Å². The molecule has 1 aromatic rings. The average Bonchev–Trinajstić information content (AvgIpc) is 2.46. The van der Waals surface area contributed by atoms with Crippen molar-refractivity contribution in [1.82, 2.24) is 4.98 Å². The Labute approximate surface area is 80.0 Å². The molecule has 0 aliphatic carbocycles. The predicted molar refractivity (Wildman–Crippen MR) is 40.6 cm³/mol. The molecule has 0 aliphatic rings. The van der Waals surface area contributed by atoms with Crippen LogP contribution in [-0.4, -0.2) is 23.2 Å². The van der Waals surface area contributed by atoms with E-state index in [4.69, 9.17) is 5.11 Å². The summed E-state index contributed by atoms with van der Waals surface area (Å²) in [6.07, 6.45) is -4.78. The van der Waals surface area contributed by atoms with Crippen LogP contribution in [-0.2, 0) is 6.18 Å². The number of hydrogen-bond acceptors (Lipinski definition) is 4. The topological polar surface area (TPSA) is 59.4 Å². The number of rotatable bonds is 2. The van der Waals surface area contributed by atoms with Crippen molar-refractivity contribution in [2.24, 2.45) is 0 Å². The normalized spacial score (nSPS) is 11.4. The number of ether oxygens (including phenoxy) is 1. The van der Waals surface area contributed by atoms with Crippen molar-refractivity contribution in [2.75, 3.05) is 7.11 Å². The van der Waals surface area contributed by atoms with Gasteiger partial charge in [0.15, 0.2) is 5.69 Å². The number of carboxylic acid groups (broad SMARTS) is 1. The standard InChI is InChI=1S/C6H4F3NO3S/c1-13-5-10-3(6(7,8)9)2(14-5)4(11)12/h1H3,(H,11,12). The van der Waals surface area contributed by atoms with Crippen LogP contribution in [0, 0.1) is 0 Å². The second-order valence-electron chi connectivity index (χ2n) is 2.16. The molecule has 0 unspecified atom stereocenters. The van der Waals surface area contributed by atoms with Gasteiger partial charge in [0, 0.05) is 0 Å². The summed E-state index contributed by atoms with van der Waals surface area (Å²) in [6, 6.07) is 0. The van der Waals surface area contributed by atoms with Gasteiger partial charge in [0.05, 0.1) is 7.11 Å². The summed E-state index contributed by atoms with van der Waals surface area (Å²) < 4.78 is 41.0. The second kappa shape index (κ2) is 3.45. The molecule has 1 rings (SSSR count). The van der Waals surface area contributed by atoms with Gasteiger partial charge in [-0.2, -0.15) is 18.2 Å². The van der Waals surface area contributed by atoms with Crippen LogP contribution in [0.2, 0.25) is 0 Å². The van der Waals surface area contributed by atoms with Crippen LogP contribution in [0.3, 0.4) is 0 Å². The first kappa shape index (κ1) is 10.8. The molecule has 78 valence electrons. The average molecular weight is 227 g/mol. The predicted octanol–water partition coefficient (Wildman–Crippen LogP) is 1.87. The molecule has 0 spiro atoms. The summed E-state index contributed by atoms with van der Waals surface area (Å²) in [5.41, 5.74) is -1.42. The van der Waals surface area contributed by atoms with Crippen molar-refractivity contribution in [2.45, 2.75) is 6.18 Å². The van der Waals surface area contributed by atoms with Crippen molar-refractivity contribution >= 4 is 17.3 Å². The fraction of sp³-hybridized carbons (Fsp3) is 0.333. The molecule has 0 amide bonds. The third kappa shape index (κ3) is 1.95. The van der Waals surface area contributed by atoms with E-state index in [-0.39, 0.29) is 5.19 Å². The number of carboxylic acids is 1. The van der Waals surface area contributed by atoms with Crippen LogP contribution in [0.4, 0.5) is 13.2 Å². The van der Waals surface area contributed by atoms with Gasteiger partial charge in [-0.25, -0.2) is 4.79 Å². The number of halogens is 3. The minimum Gasteiger partial charge on any atom is -0.477 e. The van der Waals surface area contributed by atoms with E-state index >= 15 is 0 Å². The summed E-state index contributed by atoms with van der Waals surface area (Å²) in [7, 11) is 1.12. The first-order chi connectivity index (χ1) is 6.36. The molecular weight excluding hydrogens is 223 g/mol. The van der Waals surface area contributed by atoms with Gasteiger partial charge in [0.25, 0.3) is 5.19 Å². The SMILES string of the molecule is COc1nc(C(F)(F)F)c(C(=O)O)s1. The molecule has 14 heavy (non-hydrogen) atoms. The van der Waals surface area contributed by atoms with Gasteiger partial charge in [-0.3, -0.25) is 0 Å². The Bertz CT molecular complexity index is 360. The molecule has 1 aromatic heterocycles. The van der Waals surface area contributed by atoms with Gasteiger partial charge in [0.1, 0.15) is 4.88 Å². The molecule has 0 bridgehead atoms. The maximum Gasteiger partial charge on any atom is 0.435 e. The first-order valence-corrected chi connectivity index (χ1v) is 4.03. The quantitative estimate of drug-likeness (QED) is 0.837. The molecule has 0 atom stereocenters. The molecule has 0 fully saturated rings. The van der Waals surface area contributed by atoms with E-state index in [1.165, 1.54) is 0 Å². The lowest BCUT2D eigenvalue weighted by Gasteiger charge is -2.01. The Balaban J connectivity index is 3.26. The number of aromatic nitrogens is 1. The third-order valence-electron chi connectivity index (χ3n) is 1.24. The zero-order valence-corrected chi connectivity index (χ0v) is 7.57. The summed E-state index contributed by atoms with van der Waals surface area (Å²) in [5, 5.41) is 8.13. The van der Waals surface area contributed by atoms with E-state index in [0.29, 0.717) is 11.3 Å². The molecule has 0 saturated carbocycles. The number of aromatic carboxylic acids is 1. The summed E-state index contributed by atoms with van der Waals surface area (Å²) in [4.78, 5) is 12.6. The Morgan fingerprint density at radius 3 is 2.43 bits per heavy atom. The monoisotopic (exact) mass is 227 g/mol. The summed E-state index contributed by atoms with van der Waals surface area (Å²) in [5.74, 6) is -1.67. The molecule has 0 radical (unpaired) electrons. The molecule has 4 nitrogen and oxygen atoms in total. The molecule has 8 heteroatoms. The third-order valence-corrected chi connectivity index (χ3v) is 2.25. The Hall–Kier alpha value is -1.31. The van der Waals surface area contributed by atoms with E-state index in [2.05, 4.69) is 9.72 Å². The Morgan fingerprint density at radius 2 is 2.14 bits per heavy atom. The van der Waals surface area contributed by atoms with Crippen molar-refractivity contribution < 1.29 is 27.8 Å². The Morgan fingerprint density at radius 1 is 1.57 bits per heavy atom. The second-order valence-corrected chi connectivity index (χ2v) is 3.13. The van der Waals surface area contributed by atoms with Gasteiger partial charge >= 0.3 is 12.1 Å². The minimum atomic E-state index is -4.78. The smallest absolute Gasteiger partial charge is 0.435 e. The lowest BCUT2D eigenvalue weighted by Crippen LogP contribution is -2.11. The highest BCUT2D eigenvalue weighted by atomic mass is 32.1. The number of thiazole rings is 1. The molecule has 1 heterocycles. The van der Waals surface area contributed by atoms with Crippen molar-refractivity contribution in [3.8, 4) is 5.19 Å². The number of methoxy groups -OCH3 is 1. The zero-order valence-electron chi connectivity index (χ0n) is 6.75. The molecule has 0 aromatic carbocycles. The number of hydrogen-bond donors (Lipinski definition) is 1. The van der Waals surface area contributed by atoms with Gasteiger partial charge in [0.2, 0.25) is 0 Å². The van der Waals surface area contributed by atoms with Gasteiger partial charge in [-0.05, 0) is 0 Å². The fourth-order valence-corrected chi connectivity index (χ4v) is 1.47. The fourth-order valence-electron chi connectivity index (χ4n) is 0.725. The molecule has 1 N–H and O–H groups in total. The maximum absolute atomic E-state index is 12.2. The summed E-state index contributed by atoms with van der Waals surface area (Å²) in [6.45, 7) is 0. The van der Waals surface area contributed by atoms with E-state index in [0.717, 1.165) is 7.11 Å². The van der Waals surface area contributed by atoms with Crippen LogP contribution < -0.4 is 4.74 Å². The van der Waals surface area contributed by atoms with E-state index in [9.17, 15) is 18.0 Å². The first-order valence-electron chi connectivity index (χ1n) is 3.21. The van der Waals surface area contributed by atoms with Crippen molar-refractivity contribution in [3.63, 3.8) is 0 Å². The largest absolute Gasteiger partial charge is 0.477 e. The van der Waals surface area contributed by atoms with Crippen molar-refractivity contribution in [3.05, 3.63) is 10.6 Å². The minimum absolute atomic E-state index is 0.324. The molecule has 0 aliphatic heterocycles. The maximum atomic E-state index is 12.2. The van der Waals surface area contributed by atoms with Crippen LogP contribution in [0.25, 0.3) is 0 Å². The van der Waals surface area contributed by atoms with Crippen LogP contribution in [0.1, 0.15) is 15.4 Å². The van der Waals surface area contributed by atoms with Crippen LogP contribution >= 0.6 is 11.3 Å². The van der Waals surface area contributed by atoms with E-state index in [1.54, 1.807) is 0 Å². The Kier molecular flexibility index (Phi) is 2.65. The van der Waals surface area contributed by atoms with Crippen molar-refractivity contribution in [1.29, 1.82) is 0 Å². The number of alkyl halides is 3. The number of nitrogens with zero attached hydrogens (tertiary/aromatic N) is 1. The lowest BCUT2D eigenvalue weighted by molar-refractivity contribution is -0.141. The highest BCUT2D eigenvalue weighted by molar-refractivity contribution is 7.15. The highest BCUT2D eigenvalue weighted by Gasteiger charge is 2.40. The molecular formula is C6H4F3NO3S. The molecule has 0 saturated heterocycles. The number of carbonyl (C=O) groups is 1. The van der Waals surface area contributed by atoms with Gasteiger partial charge in [-0.1, -0.05) is 11.3 Å². The lowest BCUT2D eigenvalue weighted by atomic mass is 10.3. The zero-order chi connectivity index (χ0) is 10.9. The van der Waals surface area contributed by atoms with E-state index in [1.807, 2.05) is 0 Å². The highest BCUT2D eigenvalue weighted by Crippen LogP contribution is 2.36. The van der Waals surface area contributed by atoms with Crippen LogP contribution in [0.15, 0.2) is 0 Å². The summed E-state index contributed by atoms with van der Waals surface area (Å²) >= 11 is 0.342. The van der Waals surface area contributed by atoms with Gasteiger partial charge < -0.3 is 9.84 Å².